The Morgan fingerprint density at radius 3 is 1.61 bits per heavy atom. The number of pyridine rings is 2. The van der Waals surface area contributed by atoms with E-state index in [0.29, 0.717) is 11.1 Å². The summed E-state index contributed by atoms with van der Waals surface area (Å²) in [6.45, 7) is 12.5. The van der Waals surface area contributed by atoms with Crippen LogP contribution in [0.2, 0.25) is 0 Å². The molecule has 2 atom stereocenters. The first-order chi connectivity index (χ1) is 18.0. The minimum Gasteiger partial charge on any atom is -0.459 e. The average molecular weight is 524 g/mol. The van der Waals surface area contributed by atoms with Crippen molar-refractivity contribution in [2.75, 3.05) is 76.3 Å². The molecule has 38 heavy (non-hydrogen) atoms. The van der Waals surface area contributed by atoms with Crippen molar-refractivity contribution in [3.05, 3.63) is 47.8 Å². The molecule has 2 N–H and O–H groups in total. The van der Waals surface area contributed by atoms with Crippen LogP contribution in [0.1, 0.15) is 43.7 Å². The van der Waals surface area contributed by atoms with Crippen LogP contribution < -0.4 is 15.5 Å². The molecule has 1 amide bonds. The normalized spacial score (nSPS) is 19.2. The van der Waals surface area contributed by atoms with E-state index in [1.165, 1.54) is 0 Å². The van der Waals surface area contributed by atoms with E-state index in [4.69, 9.17) is 10.5 Å². The van der Waals surface area contributed by atoms with Gasteiger partial charge >= 0.3 is 5.97 Å². The van der Waals surface area contributed by atoms with Crippen LogP contribution in [0.5, 0.6) is 0 Å². The maximum Gasteiger partial charge on any atom is 0.315 e. The Morgan fingerprint density at radius 2 is 1.21 bits per heavy atom. The van der Waals surface area contributed by atoms with Crippen LogP contribution >= 0.6 is 0 Å². The molecule has 10 nitrogen and oxygen atoms in total. The molecule has 0 aliphatic carbocycles. The molecular weight excluding hydrogens is 482 g/mol. The highest BCUT2D eigenvalue weighted by Gasteiger charge is 2.39. The third-order valence-corrected chi connectivity index (χ3v) is 7.21. The number of aromatic nitrogens is 2. The minimum absolute atomic E-state index is 0.491. The second kappa shape index (κ2) is 11.7. The van der Waals surface area contributed by atoms with Gasteiger partial charge in [0.25, 0.3) is 0 Å². The van der Waals surface area contributed by atoms with Crippen LogP contribution in [0.25, 0.3) is 0 Å². The fourth-order valence-corrected chi connectivity index (χ4v) is 5.02. The number of anilines is 2. The highest BCUT2D eigenvalue weighted by molar-refractivity contribution is 5.92. The molecular formula is C28H41N7O3. The van der Waals surface area contributed by atoms with E-state index in [-0.39, 0.29) is 0 Å². The summed E-state index contributed by atoms with van der Waals surface area (Å²) >= 11 is 0. The first kappa shape index (κ1) is 27.8. The predicted molar refractivity (Wildman–Crippen MR) is 148 cm³/mol. The number of hydrogen-bond donors (Lipinski definition) is 1. The highest BCUT2D eigenvalue weighted by Crippen LogP contribution is 2.37. The Bertz CT molecular complexity index is 1120. The van der Waals surface area contributed by atoms with Gasteiger partial charge in [0.05, 0.1) is 11.8 Å². The summed E-state index contributed by atoms with van der Waals surface area (Å²) in [5.41, 5.74) is 6.61. The molecule has 2 unspecified atom stereocenters. The number of nitrogens with zero attached hydrogens (tertiary/aromatic N) is 6. The van der Waals surface area contributed by atoms with Crippen molar-refractivity contribution >= 4 is 23.5 Å². The van der Waals surface area contributed by atoms with Gasteiger partial charge in [0.2, 0.25) is 5.91 Å². The summed E-state index contributed by atoms with van der Waals surface area (Å²) in [5, 5.41) is 0. The van der Waals surface area contributed by atoms with Gasteiger partial charge in [-0.2, -0.15) is 0 Å². The zero-order valence-corrected chi connectivity index (χ0v) is 23.3. The largest absolute Gasteiger partial charge is 0.459 e. The van der Waals surface area contributed by atoms with E-state index < -0.39 is 29.3 Å². The predicted octanol–water partition coefficient (Wildman–Crippen LogP) is 1.67. The Labute approximate surface area is 225 Å². The van der Waals surface area contributed by atoms with E-state index in [9.17, 15) is 9.59 Å². The Morgan fingerprint density at radius 1 is 0.789 bits per heavy atom. The molecule has 0 aromatic carbocycles. The Balaban J connectivity index is 1.72. The zero-order chi connectivity index (χ0) is 27.4. The van der Waals surface area contributed by atoms with Crippen LogP contribution in [-0.4, -0.2) is 104 Å². The van der Waals surface area contributed by atoms with Crippen molar-refractivity contribution in [3.63, 3.8) is 0 Å². The first-order valence-electron chi connectivity index (χ1n) is 13.3. The van der Waals surface area contributed by atoms with E-state index in [2.05, 4.69) is 43.7 Å². The third-order valence-electron chi connectivity index (χ3n) is 7.21. The molecule has 0 saturated carbocycles. The second-order valence-corrected chi connectivity index (χ2v) is 11.4. The van der Waals surface area contributed by atoms with Crippen LogP contribution in [-0.2, 0) is 14.3 Å². The van der Waals surface area contributed by atoms with Crippen molar-refractivity contribution in [1.82, 2.24) is 19.8 Å². The molecule has 2 fully saturated rings. The number of carbonyl (C=O) groups is 2. The second-order valence-electron chi connectivity index (χ2n) is 11.4. The van der Waals surface area contributed by atoms with Gasteiger partial charge in [-0.05, 0) is 70.3 Å². The smallest absolute Gasteiger partial charge is 0.315 e. The Hall–Kier alpha value is -3.24. The molecule has 206 valence electrons. The van der Waals surface area contributed by atoms with Gasteiger partial charge in [-0.25, -0.2) is 9.97 Å². The van der Waals surface area contributed by atoms with E-state index >= 15 is 0 Å². The lowest BCUT2D eigenvalue weighted by atomic mass is 9.81. The average Bonchev–Trinajstić information content (AvgIpc) is 2.87. The van der Waals surface area contributed by atoms with E-state index in [0.717, 1.165) is 64.0 Å². The molecule has 0 spiro atoms. The lowest BCUT2D eigenvalue weighted by molar-refractivity contribution is -0.158. The van der Waals surface area contributed by atoms with Gasteiger partial charge in [0, 0.05) is 64.8 Å². The summed E-state index contributed by atoms with van der Waals surface area (Å²) in [4.78, 5) is 44.9. The maximum atomic E-state index is 13.7. The fraction of sp³-hybridized carbons (Fsp3) is 0.571. The number of piperazine rings is 2. The van der Waals surface area contributed by atoms with Crippen molar-refractivity contribution in [1.29, 1.82) is 0 Å². The molecule has 2 saturated heterocycles. The van der Waals surface area contributed by atoms with Gasteiger partial charge in [-0.15, -0.1) is 0 Å². The standard InChI is InChI=1S/C28H41N7O3/c1-28(2,3)38-27(37)25(21-7-9-31-23(19-21)35-16-12-33(5)13-17-35)24(26(29)36)20-6-8-30-22(18-20)34-14-10-32(4)11-15-34/h6-9,18-19,24-25H,10-17H2,1-5H3,(H2,29,36). The van der Waals surface area contributed by atoms with E-state index in [1.54, 1.807) is 24.5 Å². The summed E-state index contributed by atoms with van der Waals surface area (Å²) in [7, 11) is 4.20. The quantitative estimate of drug-likeness (QED) is 0.542. The topological polar surface area (TPSA) is 108 Å². The number of likely N-dealkylation sites (N-methyl/N-ethyl adjacent to an activating group) is 2. The number of nitrogens with two attached hydrogens (primary N) is 1. The van der Waals surface area contributed by atoms with Gasteiger partial charge < -0.3 is 30.1 Å². The molecule has 4 heterocycles. The van der Waals surface area contributed by atoms with Crippen molar-refractivity contribution in [3.8, 4) is 0 Å². The summed E-state index contributed by atoms with van der Waals surface area (Å²) < 4.78 is 5.85. The van der Waals surface area contributed by atoms with Gasteiger partial charge in [-0.3, -0.25) is 9.59 Å². The van der Waals surface area contributed by atoms with Gasteiger partial charge in [0.1, 0.15) is 17.2 Å². The first-order valence-corrected chi connectivity index (χ1v) is 13.3. The number of ether oxygens (including phenoxy) is 1. The molecule has 2 aliphatic heterocycles. The van der Waals surface area contributed by atoms with Crippen LogP contribution in [0.15, 0.2) is 36.7 Å². The summed E-state index contributed by atoms with van der Waals surface area (Å²) in [6.07, 6.45) is 3.38. The number of esters is 1. The van der Waals surface area contributed by atoms with Crippen LogP contribution in [0, 0.1) is 0 Å². The molecule has 2 aliphatic rings. The molecule has 0 bridgehead atoms. The lowest BCUT2D eigenvalue weighted by Crippen LogP contribution is -2.45. The van der Waals surface area contributed by atoms with Crippen LogP contribution in [0.4, 0.5) is 11.6 Å². The third kappa shape index (κ3) is 6.79. The zero-order valence-electron chi connectivity index (χ0n) is 23.3. The number of hydrogen-bond acceptors (Lipinski definition) is 9. The molecule has 0 radical (unpaired) electrons. The highest BCUT2D eigenvalue weighted by atomic mass is 16.6. The van der Waals surface area contributed by atoms with Gasteiger partial charge in [0.15, 0.2) is 0 Å². The number of carbonyl (C=O) groups excluding carboxylic acids is 2. The summed E-state index contributed by atoms with van der Waals surface area (Å²) in [6, 6.07) is 7.35. The number of primary amides is 1. The fourth-order valence-electron chi connectivity index (χ4n) is 5.02. The van der Waals surface area contributed by atoms with Gasteiger partial charge in [-0.1, -0.05) is 0 Å². The van der Waals surface area contributed by atoms with E-state index in [1.807, 2.05) is 32.9 Å². The lowest BCUT2D eigenvalue weighted by Gasteiger charge is -2.34. The molecule has 2 aromatic rings. The number of amides is 1. The minimum atomic E-state index is -0.929. The maximum absolute atomic E-state index is 13.7. The number of rotatable bonds is 7. The monoisotopic (exact) mass is 523 g/mol. The SMILES string of the molecule is CN1CCN(c2cc(C(C(N)=O)C(C(=O)OC(C)(C)C)c3ccnc(N4CCN(C)CC4)c3)ccn2)CC1. The van der Waals surface area contributed by atoms with Crippen molar-refractivity contribution in [2.45, 2.75) is 38.2 Å². The molecule has 2 aromatic heterocycles. The molecule has 4 rings (SSSR count). The molecule has 10 heteroatoms. The Kier molecular flexibility index (Phi) is 8.52. The summed E-state index contributed by atoms with van der Waals surface area (Å²) in [5.74, 6) is -1.38. The van der Waals surface area contributed by atoms with Crippen LogP contribution in [0.3, 0.4) is 0 Å². The van der Waals surface area contributed by atoms with Crippen molar-refractivity contribution in [2.24, 2.45) is 5.73 Å². The van der Waals surface area contributed by atoms with Crippen molar-refractivity contribution < 1.29 is 14.3 Å².